The molecule has 0 fully saturated rings. The zero-order valence-electron chi connectivity index (χ0n) is 30.7. The van der Waals surface area contributed by atoms with Crippen LogP contribution in [0.25, 0.3) is 46.6 Å². The average Bonchev–Trinajstić information content (AvgIpc) is 3.89. The first-order chi connectivity index (χ1) is 23.2. The molecule has 0 N–H and O–H groups in total. The van der Waals surface area contributed by atoms with Gasteiger partial charge in [0.25, 0.3) is 0 Å². The van der Waals surface area contributed by atoms with Gasteiger partial charge in [-0.3, -0.25) is 0 Å². The molecule has 0 aromatic carbocycles. The fourth-order valence-electron chi connectivity index (χ4n) is 4.65. The second kappa shape index (κ2) is 24.4. The minimum absolute atomic E-state index is 0. The van der Waals surface area contributed by atoms with E-state index < -0.39 is 0 Å². The van der Waals surface area contributed by atoms with Crippen molar-refractivity contribution in [1.29, 1.82) is 0 Å². The normalized spacial score (nSPS) is 9.33. The van der Waals surface area contributed by atoms with Crippen molar-refractivity contribution in [2.45, 2.75) is 29.7 Å². The molecule has 8 heterocycles. The standard InChI is InChI=1S/4C8H10N4.4CH4.K.Os.H/c4*1-11-5-3-9-7(11)8-10-4-6-12(8)2;;;;;;;/h4*3-6H,1-2H3;4*1H4;;;/q;;;;;;;;+1;;-1. The van der Waals surface area contributed by atoms with Gasteiger partial charge in [0.05, 0.1) is 0 Å². The monoisotopic (exact) mass is 944 g/mol. The first-order valence-electron chi connectivity index (χ1n) is 15.0. The van der Waals surface area contributed by atoms with E-state index in [1.807, 2.05) is 142 Å². The Bertz CT molecular complexity index is 1720. The molecule has 0 saturated heterocycles. The van der Waals surface area contributed by atoms with E-state index in [9.17, 15) is 0 Å². The quantitative estimate of drug-likeness (QED) is 0.246. The van der Waals surface area contributed by atoms with Crippen molar-refractivity contribution in [2.24, 2.45) is 56.4 Å². The van der Waals surface area contributed by atoms with Crippen LogP contribution in [0.15, 0.2) is 99.1 Å². The third-order valence-corrected chi connectivity index (χ3v) is 7.37. The van der Waals surface area contributed by atoms with Crippen molar-refractivity contribution in [1.82, 2.24) is 76.4 Å². The van der Waals surface area contributed by atoms with Gasteiger partial charge in [-0.15, -0.1) is 0 Å². The Morgan fingerprint density at radius 3 is 0.426 bits per heavy atom. The SMILES string of the molecule is C.C.C.C.Cn1ccnc1-c1nccn1C.Cn1ccnc1-c1nccn1C.Cn1ccnc1-c1nccn1C.Cn1ccnc1-c1nccn1C.[H-].[K+].[Os]. The first-order valence-corrected chi connectivity index (χ1v) is 15.0. The molecule has 8 rings (SSSR count). The molecular weight excluding hydrogens is 886 g/mol. The molecule has 16 nitrogen and oxygen atoms in total. The molecule has 8 aromatic rings. The van der Waals surface area contributed by atoms with Gasteiger partial charge in [0.15, 0.2) is 46.6 Å². The van der Waals surface area contributed by atoms with E-state index in [2.05, 4.69) is 39.9 Å². The maximum atomic E-state index is 4.20. The summed E-state index contributed by atoms with van der Waals surface area (Å²) < 4.78 is 15.6. The van der Waals surface area contributed by atoms with Crippen LogP contribution in [-0.2, 0) is 76.2 Å². The van der Waals surface area contributed by atoms with Crippen LogP contribution in [0.4, 0.5) is 0 Å². The Kier molecular flexibility index (Phi) is 23.5. The maximum Gasteiger partial charge on any atom is 1.00 e. The molecule has 8 aromatic heterocycles. The van der Waals surface area contributed by atoms with Crippen LogP contribution in [0.1, 0.15) is 31.1 Å². The van der Waals surface area contributed by atoms with Crippen molar-refractivity contribution in [2.75, 3.05) is 0 Å². The summed E-state index contributed by atoms with van der Waals surface area (Å²) in [4.78, 5) is 33.6. The van der Waals surface area contributed by atoms with E-state index in [0.717, 1.165) is 46.6 Å². The number of hydrogen-bond acceptors (Lipinski definition) is 8. The van der Waals surface area contributed by atoms with Gasteiger partial charge in [-0.05, 0) is 0 Å². The summed E-state index contributed by atoms with van der Waals surface area (Å²) in [6.07, 6.45) is 29.4. The largest absolute Gasteiger partial charge is 1.00 e. The van der Waals surface area contributed by atoms with Gasteiger partial charge in [0, 0.05) is 175 Å². The van der Waals surface area contributed by atoms with Crippen molar-refractivity contribution < 1.29 is 72.6 Å². The van der Waals surface area contributed by atoms with Crippen LogP contribution in [-0.4, -0.2) is 76.4 Å². The van der Waals surface area contributed by atoms with Crippen molar-refractivity contribution >= 4 is 0 Å². The van der Waals surface area contributed by atoms with E-state index in [1.165, 1.54) is 0 Å². The van der Waals surface area contributed by atoms with E-state index in [0.29, 0.717) is 0 Å². The molecule has 0 spiro atoms. The Hall–Kier alpha value is -4.05. The van der Waals surface area contributed by atoms with Gasteiger partial charge < -0.3 is 38.0 Å². The fourth-order valence-corrected chi connectivity index (χ4v) is 4.65. The van der Waals surface area contributed by atoms with Crippen LogP contribution < -0.4 is 51.4 Å². The van der Waals surface area contributed by atoms with Gasteiger partial charge >= 0.3 is 51.4 Å². The number of rotatable bonds is 4. The summed E-state index contributed by atoms with van der Waals surface area (Å²) in [5, 5.41) is 0. The summed E-state index contributed by atoms with van der Waals surface area (Å²) in [5.41, 5.74) is 0. The third-order valence-electron chi connectivity index (χ3n) is 7.37. The van der Waals surface area contributed by atoms with Gasteiger partial charge in [0.2, 0.25) is 0 Å². The van der Waals surface area contributed by atoms with Crippen molar-refractivity contribution in [3.8, 4) is 46.6 Å². The average molecular weight is 943 g/mol. The molecule has 0 aliphatic rings. The van der Waals surface area contributed by atoms with Crippen LogP contribution in [0, 0.1) is 0 Å². The van der Waals surface area contributed by atoms with Crippen LogP contribution in [0.2, 0.25) is 0 Å². The molecular formula is C36H57KN16Os. The summed E-state index contributed by atoms with van der Waals surface area (Å²) in [5.74, 6) is 7.13. The van der Waals surface area contributed by atoms with Crippen LogP contribution in [0.3, 0.4) is 0 Å². The molecule has 0 bridgehead atoms. The van der Waals surface area contributed by atoms with Gasteiger partial charge in [-0.1, -0.05) is 29.7 Å². The van der Waals surface area contributed by atoms with Crippen molar-refractivity contribution in [3.05, 3.63) is 99.1 Å². The Morgan fingerprint density at radius 1 is 0.278 bits per heavy atom. The molecule has 0 saturated carbocycles. The number of imidazole rings is 8. The molecule has 0 unspecified atom stereocenters. The smallest absolute Gasteiger partial charge is 1.00 e. The third kappa shape index (κ3) is 12.5. The maximum absolute atomic E-state index is 4.20. The molecule has 0 amide bonds. The summed E-state index contributed by atoms with van der Waals surface area (Å²) >= 11 is 0. The molecule has 54 heavy (non-hydrogen) atoms. The molecule has 18 heteroatoms. The second-order valence-electron chi connectivity index (χ2n) is 10.9. The van der Waals surface area contributed by atoms with E-state index in [-0.39, 0.29) is 102 Å². The van der Waals surface area contributed by atoms with E-state index >= 15 is 0 Å². The van der Waals surface area contributed by atoms with Crippen LogP contribution in [0.5, 0.6) is 0 Å². The van der Waals surface area contributed by atoms with Gasteiger partial charge in [-0.25, -0.2) is 39.9 Å². The molecule has 290 valence electrons. The molecule has 0 atom stereocenters. The van der Waals surface area contributed by atoms with Crippen molar-refractivity contribution in [3.63, 3.8) is 0 Å². The zero-order chi connectivity index (χ0) is 34.2. The number of nitrogens with zero attached hydrogens (tertiary/aromatic N) is 16. The Labute approximate surface area is 377 Å². The predicted octanol–water partition coefficient (Wildman–Crippen LogP) is 2.94. The van der Waals surface area contributed by atoms with Gasteiger partial charge in [-0.2, -0.15) is 0 Å². The minimum atomic E-state index is 0. The zero-order valence-corrected chi connectivity index (χ0v) is 35.4. The summed E-state index contributed by atoms with van der Waals surface area (Å²) in [6.45, 7) is 0. The van der Waals surface area contributed by atoms with E-state index in [4.69, 9.17) is 0 Å². The molecule has 0 radical (unpaired) electrons. The number of hydrogen-bond donors (Lipinski definition) is 0. The summed E-state index contributed by atoms with van der Waals surface area (Å²) in [7, 11) is 15.6. The number of aryl methyl sites for hydroxylation is 8. The molecule has 0 aliphatic carbocycles. The van der Waals surface area contributed by atoms with Crippen LogP contribution >= 0.6 is 0 Å². The Morgan fingerprint density at radius 2 is 0.370 bits per heavy atom. The fraction of sp³-hybridized carbons (Fsp3) is 0.333. The molecule has 0 aliphatic heterocycles. The van der Waals surface area contributed by atoms with Gasteiger partial charge in [0.1, 0.15) is 0 Å². The second-order valence-corrected chi connectivity index (χ2v) is 10.9. The predicted molar refractivity (Wildman–Crippen MR) is 210 cm³/mol. The Balaban J connectivity index is -0.000000629. The topological polar surface area (TPSA) is 143 Å². The van der Waals surface area contributed by atoms with E-state index in [1.54, 1.807) is 49.6 Å². The summed E-state index contributed by atoms with van der Waals surface area (Å²) in [6, 6.07) is 0. The number of aromatic nitrogens is 16. The first kappa shape index (κ1) is 52.1. The minimum Gasteiger partial charge on any atom is -1.00 e.